The molecule has 0 bridgehead atoms. The van der Waals surface area contributed by atoms with Gasteiger partial charge < -0.3 is 10.6 Å². The number of halogens is 4. The minimum atomic E-state index is -4.27. The quantitative estimate of drug-likeness (QED) is 0.476. The monoisotopic (exact) mass is 387 g/mol. The van der Waals surface area contributed by atoms with E-state index in [0.717, 1.165) is 17.7 Å². The number of nitrogens with one attached hydrogen (secondary N) is 2. The third-order valence-electron chi connectivity index (χ3n) is 2.45. The van der Waals surface area contributed by atoms with Crippen LogP contribution in [0.3, 0.4) is 0 Å². The Morgan fingerprint density at radius 3 is 2.21 bits per heavy atom. The van der Waals surface area contributed by atoms with E-state index < -0.39 is 11.7 Å². The molecule has 0 radical (unpaired) electrons. The van der Waals surface area contributed by atoms with E-state index in [9.17, 15) is 13.2 Å². The lowest BCUT2D eigenvalue weighted by Crippen LogP contribution is -2.35. The molecular weight excluding hydrogens is 370 g/mol. The summed E-state index contributed by atoms with van der Waals surface area (Å²) in [5, 5.41) is 5.89. The van der Waals surface area contributed by atoms with Gasteiger partial charge in [0, 0.05) is 20.6 Å². The van der Waals surface area contributed by atoms with Gasteiger partial charge in [-0.05, 0) is 24.1 Å². The van der Waals surface area contributed by atoms with Gasteiger partial charge in [0.25, 0.3) is 0 Å². The summed E-state index contributed by atoms with van der Waals surface area (Å²) in [6.07, 6.45) is -3.64. The van der Waals surface area contributed by atoms with Crippen molar-refractivity contribution in [2.75, 3.05) is 20.6 Å². The van der Waals surface area contributed by atoms with E-state index in [-0.39, 0.29) is 24.0 Å². The molecule has 0 saturated heterocycles. The molecule has 7 heteroatoms. The van der Waals surface area contributed by atoms with Crippen molar-refractivity contribution in [3.8, 4) is 0 Å². The van der Waals surface area contributed by atoms with Crippen LogP contribution in [0.4, 0.5) is 13.2 Å². The predicted molar refractivity (Wildman–Crippen MR) is 81.0 cm³/mol. The molecule has 0 atom stereocenters. The molecule has 0 aromatic heterocycles. The number of guanidine groups is 1. The van der Waals surface area contributed by atoms with Crippen molar-refractivity contribution in [2.24, 2.45) is 4.99 Å². The van der Waals surface area contributed by atoms with Crippen LogP contribution in [0.5, 0.6) is 0 Å². The molecule has 0 saturated carbocycles. The normalized spacial score (nSPS) is 11.7. The Kier molecular flexibility index (Phi) is 7.81. The van der Waals surface area contributed by atoms with E-state index in [1.54, 1.807) is 14.1 Å². The third kappa shape index (κ3) is 6.13. The summed E-state index contributed by atoms with van der Waals surface area (Å²) in [6.45, 7) is 0.610. The van der Waals surface area contributed by atoms with Crippen molar-refractivity contribution in [1.29, 1.82) is 0 Å². The summed E-state index contributed by atoms with van der Waals surface area (Å²) in [6, 6.07) is 5.18. The average molecular weight is 387 g/mol. The lowest BCUT2D eigenvalue weighted by atomic mass is 10.1. The Morgan fingerprint density at radius 2 is 1.79 bits per heavy atom. The predicted octanol–water partition coefficient (Wildman–Crippen LogP) is 2.66. The zero-order valence-corrected chi connectivity index (χ0v) is 13.0. The maximum atomic E-state index is 12.3. The molecule has 0 fully saturated rings. The Bertz CT molecular complexity index is 402. The summed E-state index contributed by atoms with van der Waals surface area (Å²) >= 11 is 0. The Hall–Kier alpha value is -0.990. The van der Waals surface area contributed by atoms with Crippen LogP contribution in [-0.2, 0) is 12.6 Å². The molecule has 3 nitrogen and oxygen atoms in total. The molecular formula is C12H17F3IN3. The molecule has 1 aromatic carbocycles. The van der Waals surface area contributed by atoms with Crippen molar-refractivity contribution in [1.82, 2.24) is 10.6 Å². The fourth-order valence-electron chi connectivity index (χ4n) is 1.46. The van der Waals surface area contributed by atoms with Crippen LogP contribution in [0.2, 0.25) is 0 Å². The fourth-order valence-corrected chi connectivity index (χ4v) is 1.46. The number of nitrogens with zero attached hydrogens (tertiary/aromatic N) is 1. The zero-order chi connectivity index (χ0) is 13.6. The molecule has 1 aromatic rings. The van der Waals surface area contributed by atoms with Crippen LogP contribution in [0.15, 0.2) is 29.3 Å². The van der Waals surface area contributed by atoms with Gasteiger partial charge in [-0.3, -0.25) is 4.99 Å². The smallest absolute Gasteiger partial charge is 0.359 e. The number of aliphatic imine (C=N–C) groups is 1. The van der Waals surface area contributed by atoms with Crippen molar-refractivity contribution in [2.45, 2.75) is 12.6 Å². The standard InChI is InChI=1S/C12H16F3N3.HI/c1-16-11(17-2)18-8-7-9-3-5-10(6-4-9)12(13,14)15;/h3-6H,7-8H2,1-2H3,(H2,16,17,18);1H. The maximum Gasteiger partial charge on any atom is 0.416 e. The first kappa shape index (κ1) is 18.0. The van der Waals surface area contributed by atoms with Crippen LogP contribution in [-0.4, -0.2) is 26.6 Å². The van der Waals surface area contributed by atoms with Gasteiger partial charge in [0.1, 0.15) is 0 Å². The highest BCUT2D eigenvalue weighted by Gasteiger charge is 2.29. The van der Waals surface area contributed by atoms with Gasteiger partial charge in [0.15, 0.2) is 5.96 Å². The molecule has 0 heterocycles. The molecule has 1 rings (SSSR count). The summed E-state index contributed by atoms with van der Waals surface area (Å²) in [7, 11) is 3.39. The molecule has 0 aliphatic rings. The van der Waals surface area contributed by atoms with Gasteiger partial charge in [0.05, 0.1) is 5.56 Å². The number of rotatable bonds is 3. The lowest BCUT2D eigenvalue weighted by Gasteiger charge is -2.09. The summed E-state index contributed by atoms with van der Waals surface area (Å²) < 4.78 is 37.0. The molecule has 0 aliphatic carbocycles. The number of hydrogen-bond donors (Lipinski definition) is 2. The van der Waals surface area contributed by atoms with Crippen LogP contribution in [0.1, 0.15) is 11.1 Å². The van der Waals surface area contributed by atoms with Gasteiger partial charge in [-0.1, -0.05) is 12.1 Å². The zero-order valence-electron chi connectivity index (χ0n) is 10.7. The largest absolute Gasteiger partial charge is 0.416 e. The lowest BCUT2D eigenvalue weighted by molar-refractivity contribution is -0.137. The van der Waals surface area contributed by atoms with E-state index in [4.69, 9.17) is 0 Å². The molecule has 108 valence electrons. The van der Waals surface area contributed by atoms with E-state index in [1.165, 1.54) is 12.1 Å². The summed E-state index contributed by atoms with van der Waals surface area (Å²) in [5.41, 5.74) is 0.229. The second-order valence-electron chi connectivity index (χ2n) is 3.69. The van der Waals surface area contributed by atoms with Crippen LogP contribution in [0.25, 0.3) is 0 Å². The topological polar surface area (TPSA) is 36.4 Å². The Balaban J connectivity index is 0.00000324. The minimum absolute atomic E-state index is 0. The summed E-state index contributed by atoms with van der Waals surface area (Å²) in [4.78, 5) is 3.93. The number of alkyl halides is 3. The Morgan fingerprint density at radius 1 is 1.21 bits per heavy atom. The van der Waals surface area contributed by atoms with E-state index in [0.29, 0.717) is 18.9 Å². The first-order valence-corrected chi connectivity index (χ1v) is 5.52. The van der Waals surface area contributed by atoms with E-state index in [2.05, 4.69) is 15.6 Å². The van der Waals surface area contributed by atoms with E-state index in [1.807, 2.05) is 0 Å². The molecule has 19 heavy (non-hydrogen) atoms. The molecule has 0 amide bonds. The van der Waals surface area contributed by atoms with Crippen molar-refractivity contribution < 1.29 is 13.2 Å². The Labute approximate surface area is 127 Å². The van der Waals surface area contributed by atoms with Crippen LogP contribution in [0, 0.1) is 0 Å². The first-order chi connectivity index (χ1) is 8.47. The minimum Gasteiger partial charge on any atom is -0.359 e. The van der Waals surface area contributed by atoms with Gasteiger partial charge in [-0.2, -0.15) is 13.2 Å². The van der Waals surface area contributed by atoms with Crippen molar-refractivity contribution >= 4 is 29.9 Å². The van der Waals surface area contributed by atoms with Crippen LogP contribution >= 0.6 is 24.0 Å². The highest BCUT2D eigenvalue weighted by atomic mass is 127. The molecule has 2 N–H and O–H groups in total. The maximum absolute atomic E-state index is 12.3. The van der Waals surface area contributed by atoms with Gasteiger partial charge in [-0.15, -0.1) is 24.0 Å². The van der Waals surface area contributed by atoms with Crippen LogP contribution < -0.4 is 10.6 Å². The van der Waals surface area contributed by atoms with E-state index >= 15 is 0 Å². The van der Waals surface area contributed by atoms with Crippen molar-refractivity contribution in [3.05, 3.63) is 35.4 Å². The summed E-state index contributed by atoms with van der Waals surface area (Å²) in [5.74, 6) is 0.655. The second-order valence-corrected chi connectivity index (χ2v) is 3.69. The SMILES string of the molecule is CN=C(NC)NCCc1ccc(C(F)(F)F)cc1.I. The third-order valence-corrected chi connectivity index (χ3v) is 2.45. The van der Waals surface area contributed by atoms with Gasteiger partial charge in [-0.25, -0.2) is 0 Å². The number of hydrogen-bond acceptors (Lipinski definition) is 1. The molecule has 0 aliphatic heterocycles. The number of benzene rings is 1. The highest BCUT2D eigenvalue weighted by Crippen LogP contribution is 2.29. The van der Waals surface area contributed by atoms with Crippen molar-refractivity contribution in [3.63, 3.8) is 0 Å². The average Bonchev–Trinajstić information content (AvgIpc) is 2.34. The fraction of sp³-hybridized carbons (Fsp3) is 0.417. The highest BCUT2D eigenvalue weighted by molar-refractivity contribution is 14.0. The first-order valence-electron chi connectivity index (χ1n) is 5.52. The van der Waals surface area contributed by atoms with Gasteiger partial charge >= 0.3 is 6.18 Å². The molecule has 0 unspecified atom stereocenters. The van der Waals surface area contributed by atoms with Gasteiger partial charge in [0.2, 0.25) is 0 Å². The molecule has 0 spiro atoms. The second kappa shape index (κ2) is 8.23.